The fourth-order valence-corrected chi connectivity index (χ4v) is 3.17. The Bertz CT molecular complexity index is 572. The number of carbonyl (C=O) groups is 1. The molecule has 0 bridgehead atoms. The van der Waals surface area contributed by atoms with Gasteiger partial charge in [-0.3, -0.25) is 4.79 Å². The summed E-state index contributed by atoms with van der Waals surface area (Å²) in [6.45, 7) is 1.53. The van der Waals surface area contributed by atoms with E-state index >= 15 is 0 Å². The molecule has 1 aromatic heterocycles. The highest BCUT2D eigenvalue weighted by Gasteiger charge is 2.25. The SMILES string of the molecule is O=C(c1cscn1)N1CCC(c2ccc(O)cc2)CC1. The molecule has 104 valence electrons. The zero-order valence-electron chi connectivity index (χ0n) is 11.0. The number of rotatable bonds is 2. The molecule has 0 spiro atoms. The normalized spacial score (nSPS) is 16.3. The molecule has 1 aliphatic heterocycles. The molecule has 0 saturated carbocycles. The zero-order valence-corrected chi connectivity index (χ0v) is 11.8. The van der Waals surface area contributed by atoms with Crippen LogP contribution < -0.4 is 0 Å². The van der Waals surface area contributed by atoms with Crippen molar-refractivity contribution in [1.29, 1.82) is 0 Å². The Morgan fingerprint density at radius 3 is 2.55 bits per heavy atom. The van der Waals surface area contributed by atoms with Gasteiger partial charge in [0, 0.05) is 18.5 Å². The number of thiazole rings is 1. The summed E-state index contributed by atoms with van der Waals surface area (Å²) in [7, 11) is 0. The number of piperidine rings is 1. The van der Waals surface area contributed by atoms with Crippen molar-refractivity contribution in [2.24, 2.45) is 0 Å². The summed E-state index contributed by atoms with van der Waals surface area (Å²) in [5, 5.41) is 11.1. The minimum Gasteiger partial charge on any atom is -0.508 e. The highest BCUT2D eigenvalue weighted by atomic mass is 32.1. The average Bonchev–Trinajstić information content (AvgIpc) is 3.02. The van der Waals surface area contributed by atoms with Crippen molar-refractivity contribution in [3.05, 3.63) is 46.4 Å². The monoisotopic (exact) mass is 288 g/mol. The van der Waals surface area contributed by atoms with Gasteiger partial charge in [0.2, 0.25) is 0 Å². The molecule has 20 heavy (non-hydrogen) atoms. The van der Waals surface area contributed by atoms with Crippen LogP contribution in [0, 0.1) is 0 Å². The van der Waals surface area contributed by atoms with Crippen LogP contribution in [0.2, 0.25) is 0 Å². The third-order valence-corrected chi connectivity index (χ3v) is 4.38. The quantitative estimate of drug-likeness (QED) is 0.924. The predicted molar refractivity (Wildman–Crippen MR) is 78.1 cm³/mol. The van der Waals surface area contributed by atoms with E-state index in [-0.39, 0.29) is 5.91 Å². The van der Waals surface area contributed by atoms with E-state index in [0.29, 0.717) is 17.4 Å². The van der Waals surface area contributed by atoms with E-state index in [4.69, 9.17) is 0 Å². The van der Waals surface area contributed by atoms with Gasteiger partial charge < -0.3 is 10.0 Å². The molecule has 3 rings (SSSR count). The largest absolute Gasteiger partial charge is 0.508 e. The first kappa shape index (κ1) is 13.1. The van der Waals surface area contributed by atoms with Crippen LogP contribution >= 0.6 is 11.3 Å². The molecule has 0 radical (unpaired) electrons. The summed E-state index contributed by atoms with van der Waals surface area (Å²) in [6.07, 6.45) is 1.92. The molecule has 1 aliphatic rings. The predicted octanol–water partition coefficient (Wildman–Crippen LogP) is 2.87. The van der Waals surface area contributed by atoms with E-state index in [0.717, 1.165) is 25.9 Å². The standard InChI is InChI=1S/C15H16N2O2S/c18-13-3-1-11(2-4-13)12-5-7-17(8-6-12)15(19)14-9-20-10-16-14/h1-4,9-10,12,18H,5-8H2. The molecule has 1 N–H and O–H groups in total. The van der Waals surface area contributed by atoms with Gasteiger partial charge in [-0.2, -0.15) is 0 Å². The molecule has 0 aliphatic carbocycles. The lowest BCUT2D eigenvalue weighted by Gasteiger charge is -2.31. The Kier molecular flexibility index (Phi) is 3.69. The van der Waals surface area contributed by atoms with Crippen molar-refractivity contribution in [2.75, 3.05) is 13.1 Å². The van der Waals surface area contributed by atoms with E-state index in [1.165, 1.54) is 16.9 Å². The van der Waals surface area contributed by atoms with E-state index in [1.807, 2.05) is 17.0 Å². The lowest BCUT2D eigenvalue weighted by molar-refractivity contribution is 0.0708. The van der Waals surface area contributed by atoms with Gasteiger partial charge >= 0.3 is 0 Å². The number of phenols is 1. The van der Waals surface area contributed by atoms with Crippen LogP contribution in [0.15, 0.2) is 35.2 Å². The highest BCUT2D eigenvalue weighted by Crippen LogP contribution is 2.29. The minimum atomic E-state index is 0.0374. The fourth-order valence-electron chi connectivity index (χ4n) is 2.64. The molecule has 1 amide bonds. The third-order valence-electron chi connectivity index (χ3n) is 3.80. The fraction of sp³-hybridized carbons (Fsp3) is 0.333. The molecule has 5 heteroatoms. The van der Waals surface area contributed by atoms with Gasteiger partial charge in [-0.1, -0.05) is 12.1 Å². The number of amides is 1. The first-order valence-electron chi connectivity index (χ1n) is 6.70. The van der Waals surface area contributed by atoms with Crippen molar-refractivity contribution < 1.29 is 9.90 Å². The van der Waals surface area contributed by atoms with Crippen molar-refractivity contribution in [3.8, 4) is 5.75 Å². The Morgan fingerprint density at radius 2 is 1.95 bits per heavy atom. The van der Waals surface area contributed by atoms with Crippen LogP contribution in [0.5, 0.6) is 5.75 Å². The van der Waals surface area contributed by atoms with Crippen LogP contribution in [-0.4, -0.2) is 34.0 Å². The summed E-state index contributed by atoms with van der Waals surface area (Å²) in [6, 6.07) is 7.39. The highest BCUT2D eigenvalue weighted by molar-refractivity contribution is 7.07. The van der Waals surface area contributed by atoms with Gasteiger partial charge in [0.25, 0.3) is 5.91 Å². The number of benzene rings is 1. The number of hydrogen-bond donors (Lipinski definition) is 1. The van der Waals surface area contributed by atoms with Crippen molar-refractivity contribution in [3.63, 3.8) is 0 Å². The molecule has 0 atom stereocenters. The number of phenolic OH excluding ortho intramolecular Hbond substituents is 1. The first-order chi connectivity index (χ1) is 9.74. The second-order valence-corrected chi connectivity index (χ2v) is 5.75. The molecular formula is C15H16N2O2S. The van der Waals surface area contributed by atoms with E-state index < -0.39 is 0 Å². The van der Waals surface area contributed by atoms with Gasteiger partial charge in [-0.15, -0.1) is 11.3 Å². The summed E-state index contributed by atoms with van der Waals surface area (Å²) in [5.74, 6) is 0.801. The van der Waals surface area contributed by atoms with Crippen molar-refractivity contribution >= 4 is 17.2 Å². The number of carbonyl (C=O) groups excluding carboxylic acids is 1. The second-order valence-electron chi connectivity index (χ2n) is 5.03. The summed E-state index contributed by atoms with van der Waals surface area (Å²) >= 11 is 1.45. The topological polar surface area (TPSA) is 53.4 Å². The Balaban J connectivity index is 1.62. The van der Waals surface area contributed by atoms with Crippen molar-refractivity contribution in [2.45, 2.75) is 18.8 Å². The van der Waals surface area contributed by atoms with Gasteiger partial charge in [0.1, 0.15) is 11.4 Å². The zero-order chi connectivity index (χ0) is 13.9. The van der Waals surface area contributed by atoms with Crippen LogP contribution in [0.4, 0.5) is 0 Å². The van der Waals surface area contributed by atoms with Crippen LogP contribution in [0.3, 0.4) is 0 Å². The third kappa shape index (κ3) is 2.67. The molecule has 2 aromatic rings. The average molecular weight is 288 g/mol. The smallest absolute Gasteiger partial charge is 0.273 e. The van der Waals surface area contributed by atoms with Crippen molar-refractivity contribution in [1.82, 2.24) is 9.88 Å². The lowest BCUT2D eigenvalue weighted by atomic mass is 9.89. The number of likely N-dealkylation sites (tertiary alicyclic amines) is 1. The summed E-state index contributed by atoms with van der Waals surface area (Å²) in [5.41, 5.74) is 3.48. The maximum atomic E-state index is 12.2. The Hall–Kier alpha value is -1.88. The maximum absolute atomic E-state index is 12.2. The number of aromatic nitrogens is 1. The number of nitrogens with zero attached hydrogens (tertiary/aromatic N) is 2. The molecule has 2 heterocycles. The Morgan fingerprint density at radius 1 is 1.25 bits per heavy atom. The lowest BCUT2D eigenvalue weighted by Crippen LogP contribution is -2.38. The van der Waals surface area contributed by atoms with Gasteiger partial charge in [-0.05, 0) is 36.5 Å². The van der Waals surface area contributed by atoms with Gasteiger partial charge in [0.05, 0.1) is 5.51 Å². The molecule has 1 aromatic carbocycles. The maximum Gasteiger partial charge on any atom is 0.273 e. The van der Waals surface area contributed by atoms with Crippen LogP contribution in [0.25, 0.3) is 0 Å². The van der Waals surface area contributed by atoms with E-state index in [1.54, 1.807) is 23.0 Å². The van der Waals surface area contributed by atoms with Gasteiger partial charge in [-0.25, -0.2) is 4.98 Å². The molecule has 1 saturated heterocycles. The van der Waals surface area contributed by atoms with E-state index in [9.17, 15) is 9.90 Å². The Labute approximate surface area is 121 Å². The van der Waals surface area contributed by atoms with Crippen LogP contribution in [-0.2, 0) is 0 Å². The second kappa shape index (κ2) is 5.63. The van der Waals surface area contributed by atoms with Gasteiger partial charge in [0.15, 0.2) is 0 Å². The first-order valence-corrected chi connectivity index (χ1v) is 7.65. The summed E-state index contributed by atoms with van der Waals surface area (Å²) in [4.78, 5) is 18.1. The summed E-state index contributed by atoms with van der Waals surface area (Å²) < 4.78 is 0. The molecule has 1 fully saturated rings. The molecular weight excluding hydrogens is 272 g/mol. The van der Waals surface area contributed by atoms with Crippen LogP contribution in [0.1, 0.15) is 34.8 Å². The number of aromatic hydroxyl groups is 1. The minimum absolute atomic E-state index is 0.0374. The number of hydrogen-bond acceptors (Lipinski definition) is 4. The molecule has 0 unspecified atom stereocenters. The van der Waals surface area contributed by atoms with E-state index in [2.05, 4.69) is 4.98 Å². The molecule has 4 nitrogen and oxygen atoms in total.